The van der Waals surface area contributed by atoms with Crippen LogP contribution >= 0.6 is 0 Å². The van der Waals surface area contributed by atoms with Crippen LogP contribution in [-0.4, -0.2) is 27.0 Å². The molecule has 0 radical (unpaired) electrons. The van der Waals surface area contributed by atoms with Crippen molar-refractivity contribution in [3.8, 4) is 0 Å². The van der Waals surface area contributed by atoms with Crippen LogP contribution in [0.2, 0.25) is 0 Å². The molecule has 0 bridgehead atoms. The Morgan fingerprint density at radius 1 is 1.22 bits per heavy atom. The summed E-state index contributed by atoms with van der Waals surface area (Å²) in [5, 5.41) is 2.67. The highest BCUT2D eigenvalue weighted by Gasteiger charge is 2.14. The van der Waals surface area contributed by atoms with E-state index in [4.69, 9.17) is 0 Å². The van der Waals surface area contributed by atoms with E-state index in [1.807, 2.05) is 6.92 Å². The second-order valence-corrected chi connectivity index (χ2v) is 5.57. The maximum absolute atomic E-state index is 12.2. The number of carbonyl (C=O) groups is 1. The molecule has 0 atom stereocenters. The third kappa shape index (κ3) is 3.74. The number of pyridine rings is 1. The summed E-state index contributed by atoms with van der Waals surface area (Å²) in [6, 6.07) is 3.55. The molecule has 23 heavy (non-hydrogen) atoms. The van der Waals surface area contributed by atoms with Crippen LogP contribution in [0.1, 0.15) is 33.0 Å². The normalized spacial score (nSPS) is 10.6. The molecule has 2 N–H and O–H groups in total. The SMILES string of the molecule is Cc1cc(C)n(CCNC(=O)c2c(C)cc(C)[nH]c2=O)c(=O)n1. The van der Waals surface area contributed by atoms with Gasteiger partial charge in [-0.1, -0.05) is 0 Å². The molecular formula is C16H20N4O3. The molecule has 0 fully saturated rings. The van der Waals surface area contributed by atoms with Gasteiger partial charge in [-0.2, -0.15) is 4.98 Å². The van der Waals surface area contributed by atoms with Gasteiger partial charge in [-0.15, -0.1) is 0 Å². The van der Waals surface area contributed by atoms with Crippen molar-refractivity contribution in [2.75, 3.05) is 6.54 Å². The fourth-order valence-corrected chi connectivity index (χ4v) is 2.55. The minimum absolute atomic E-state index is 0.0988. The molecule has 0 spiro atoms. The largest absolute Gasteiger partial charge is 0.350 e. The first-order valence-corrected chi connectivity index (χ1v) is 7.33. The summed E-state index contributed by atoms with van der Waals surface area (Å²) in [7, 11) is 0. The lowest BCUT2D eigenvalue weighted by Gasteiger charge is -2.11. The van der Waals surface area contributed by atoms with Crippen molar-refractivity contribution in [1.82, 2.24) is 19.9 Å². The number of H-pyrrole nitrogens is 1. The quantitative estimate of drug-likeness (QED) is 0.863. The number of hydrogen-bond acceptors (Lipinski definition) is 4. The molecule has 7 nitrogen and oxygen atoms in total. The van der Waals surface area contributed by atoms with Gasteiger partial charge < -0.3 is 10.3 Å². The van der Waals surface area contributed by atoms with Crippen molar-refractivity contribution >= 4 is 5.91 Å². The molecule has 0 aromatic carbocycles. The van der Waals surface area contributed by atoms with Crippen LogP contribution in [0.5, 0.6) is 0 Å². The fourth-order valence-electron chi connectivity index (χ4n) is 2.55. The van der Waals surface area contributed by atoms with Crippen LogP contribution in [-0.2, 0) is 6.54 Å². The first kappa shape index (κ1) is 16.7. The smallest absolute Gasteiger partial charge is 0.348 e. The number of hydrogen-bond donors (Lipinski definition) is 2. The monoisotopic (exact) mass is 316 g/mol. The van der Waals surface area contributed by atoms with E-state index in [1.54, 1.807) is 32.9 Å². The molecule has 0 saturated heterocycles. The van der Waals surface area contributed by atoms with Gasteiger partial charge in [-0.3, -0.25) is 14.2 Å². The molecule has 2 aromatic rings. The first-order valence-electron chi connectivity index (χ1n) is 7.33. The minimum atomic E-state index is -0.450. The van der Waals surface area contributed by atoms with Gasteiger partial charge in [0.2, 0.25) is 0 Å². The molecule has 2 heterocycles. The van der Waals surface area contributed by atoms with Crippen molar-refractivity contribution < 1.29 is 4.79 Å². The standard InChI is InChI=1S/C16H20N4O3/c1-9-7-10(2)18-15(22)13(9)14(21)17-5-6-20-12(4)8-11(3)19-16(20)23/h7-8H,5-6H2,1-4H3,(H,17,21)(H,18,22). The third-order valence-corrected chi connectivity index (χ3v) is 3.56. The summed E-state index contributed by atoms with van der Waals surface area (Å²) in [5.41, 5.74) is 2.11. The molecule has 1 amide bonds. The maximum atomic E-state index is 12.2. The molecule has 7 heteroatoms. The Labute approximate surface area is 133 Å². The Hall–Kier alpha value is -2.70. The summed E-state index contributed by atoms with van der Waals surface area (Å²) in [4.78, 5) is 42.4. The van der Waals surface area contributed by atoms with Crippen molar-refractivity contribution in [2.45, 2.75) is 34.2 Å². The molecule has 2 aromatic heterocycles. The molecule has 0 saturated carbocycles. The lowest BCUT2D eigenvalue weighted by molar-refractivity contribution is 0.0950. The highest BCUT2D eigenvalue weighted by atomic mass is 16.2. The molecule has 0 unspecified atom stereocenters. The number of carbonyl (C=O) groups excluding carboxylic acids is 1. The van der Waals surface area contributed by atoms with Crippen molar-refractivity contribution in [3.05, 3.63) is 61.2 Å². The number of nitrogens with one attached hydrogen (secondary N) is 2. The number of aromatic amines is 1. The molecule has 0 aliphatic carbocycles. The number of rotatable bonds is 4. The van der Waals surface area contributed by atoms with Crippen LogP contribution in [0.15, 0.2) is 21.7 Å². The van der Waals surface area contributed by atoms with Gasteiger partial charge in [-0.05, 0) is 45.4 Å². The van der Waals surface area contributed by atoms with Crippen molar-refractivity contribution in [2.24, 2.45) is 0 Å². The van der Waals surface area contributed by atoms with E-state index in [0.29, 0.717) is 23.5 Å². The van der Waals surface area contributed by atoms with Crippen LogP contribution in [0, 0.1) is 27.7 Å². The van der Waals surface area contributed by atoms with Gasteiger partial charge in [0.1, 0.15) is 5.56 Å². The summed E-state index contributed by atoms with van der Waals surface area (Å²) in [5.74, 6) is -0.450. The minimum Gasteiger partial charge on any atom is -0.350 e. The predicted molar refractivity (Wildman–Crippen MR) is 86.8 cm³/mol. The zero-order valence-corrected chi connectivity index (χ0v) is 13.7. The van der Waals surface area contributed by atoms with Gasteiger partial charge in [0.15, 0.2) is 0 Å². The summed E-state index contributed by atoms with van der Waals surface area (Å²) in [6.45, 7) is 7.58. The van der Waals surface area contributed by atoms with Crippen LogP contribution in [0.4, 0.5) is 0 Å². The summed E-state index contributed by atoms with van der Waals surface area (Å²) in [6.07, 6.45) is 0. The Morgan fingerprint density at radius 2 is 1.91 bits per heavy atom. The van der Waals surface area contributed by atoms with E-state index in [-0.39, 0.29) is 17.8 Å². The van der Waals surface area contributed by atoms with E-state index in [0.717, 1.165) is 5.69 Å². The predicted octanol–water partition coefficient (Wildman–Crippen LogP) is 0.595. The number of amides is 1. The van der Waals surface area contributed by atoms with Crippen LogP contribution in [0.3, 0.4) is 0 Å². The second kappa shape index (κ2) is 6.60. The zero-order valence-electron chi connectivity index (χ0n) is 13.7. The van der Waals surface area contributed by atoms with Crippen molar-refractivity contribution in [1.29, 1.82) is 0 Å². The molecule has 0 aliphatic heterocycles. The van der Waals surface area contributed by atoms with Gasteiger partial charge in [0, 0.05) is 30.2 Å². The number of nitrogens with zero attached hydrogens (tertiary/aromatic N) is 2. The van der Waals surface area contributed by atoms with E-state index in [9.17, 15) is 14.4 Å². The highest BCUT2D eigenvalue weighted by Crippen LogP contribution is 2.03. The lowest BCUT2D eigenvalue weighted by atomic mass is 10.1. The topological polar surface area (TPSA) is 96.9 Å². The van der Waals surface area contributed by atoms with Gasteiger partial charge in [0.25, 0.3) is 11.5 Å². The third-order valence-electron chi connectivity index (χ3n) is 3.56. The molecule has 0 aliphatic rings. The molecule has 122 valence electrons. The Bertz CT molecular complexity index is 865. The number of aromatic nitrogens is 3. The van der Waals surface area contributed by atoms with Crippen LogP contribution in [0.25, 0.3) is 0 Å². The van der Waals surface area contributed by atoms with E-state index in [2.05, 4.69) is 15.3 Å². The average molecular weight is 316 g/mol. The molecular weight excluding hydrogens is 296 g/mol. The van der Waals surface area contributed by atoms with E-state index in [1.165, 1.54) is 4.57 Å². The van der Waals surface area contributed by atoms with Gasteiger partial charge in [-0.25, -0.2) is 4.79 Å². The Morgan fingerprint density at radius 3 is 2.52 bits per heavy atom. The lowest BCUT2D eigenvalue weighted by Crippen LogP contribution is -2.35. The molecule has 2 rings (SSSR count). The fraction of sp³-hybridized carbons (Fsp3) is 0.375. The van der Waals surface area contributed by atoms with Gasteiger partial charge in [0.05, 0.1) is 0 Å². The highest BCUT2D eigenvalue weighted by molar-refractivity contribution is 5.95. The summed E-state index contributed by atoms with van der Waals surface area (Å²) < 4.78 is 1.49. The maximum Gasteiger partial charge on any atom is 0.348 e. The van der Waals surface area contributed by atoms with E-state index < -0.39 is 11.5 Å². The first-order chi connectivity index (χ1) is 10.8. The van der Waals surface area contributed by atoms with Crippen LogP contribution < -0.4 is 16.6 Å². The Kier molecular flexibility index (Phi) is 4.78. The zero-order chi connectivity index (χ0) is 17.1. The second-order valence-electron chi connectivity index (χ2n) is 5.57. The Balaban J connectivity index is 2.10. The number of aryl methyl sites for hydroxylation is 4. The van der Waals surface area contributed by atoms with Gasteiger partial charge >= 0.3 is 5.69 Å². The van der Waals surface area contributed by atoms with E-state index >= 15 is 0 Å². The summed E-state index contributed by atoms with van der Waals surface area (Å²) >= 11 is 0. The average Bonchev–Trinajstić information content (AvgIpc) is 2.40. The van der Waals surface area contributed by atoms with Crippen molar-refractivity contribution in [3.63, 3.8) is 0 Å².